The first-order chi connectivity index (χ1) is 11.6. The summed E-state index contributed by atoms with van der Waals surface area (Å²) in [5.41, 5.74) is 1.46. The topological polar surface area (TPSA) is 17.1 Å². The fourth-order valence-electron chi connectivity index (χ4n) is 4.14. The average Bonchev–Trinajstić information content (AvgIpc) is 2.60. The summed E-state index contributed by atoms with van der Waals surface area (Å²) in [5, 5.41) is 0. The Hall–Kier alpha value is -0.311. The Balaban J connectivity index is 3.25. The molecule has 0 aliphatic heterocycles. The van der Waals surface area contributed by atoms with Gasteiger partial charge in [0.1, 0.15) is 0 Å². The third kappa shape index (κ3) is 6.90. The average molecular weight is 437 g/mol. The van der Waals surface area contributed by atoms with Gasteiger partial charge in [0.15, 0.2) is 0 Å². The van der Waals surface area contributed by atoms with Crippen molar-refractivity contribution in [3.8, 4) is 0 Å². The summed E-state index contributed by atoms with van der Waals surface area (Å²) in [5.74, 6) is 0.384. The molecule has 1 aromatic rings. The number of carbonyl (C=O) groups is 1. The molecule has 0 fully saturated rings. The van der Waals surface area contributed by atoms with Gasteiger partial charge in [-0.15, -0.1) is 0 Å². The minimum absolute atomic E-state index is 0.384. The summed E-state index contributed by atoms with van der Waals surface area (Å²) in [7, 11) is 0. The van der Waals surface area contributed by atoms with E-state index < -0.39 is 18.4 Å². The molecular weight excluding hydrogens is 399 g/mol. The van der Waals surface area contributed by atoms with Crippen LogP contribution in [0, 0.1) is 0 Å². The summed E-state index contributed by atoms with van der Waals surface area (Å²) in [6.07, 6.45) is 8.76. The van der Waals surface area contributed by atoms with E-state index in [0.717, 1.165) is 6.42 Å². The molecule has 1 rings (SSSR count). The van der Waals surface area contributed by atoms with Crippen LogP contribution in [0.15, 0.2) is 30.3 Å². The van der Waals surface area contributed by atoms with Crippen molar-refractivity contribution >= 4 is 24.2 Å². The van der Waals surface area contributed by atoms with Crippen LogP contribution in [0.2, 0.25) is 13.3 Å². The predicted molar refractivity (Wildman–Crippen MR) is 109 cm³/mol. The molecule has 0 heterocycles. The van der Waals surface area contributed by atoms with Crippen LogP contribution in [0.25, 0.3) is 0 Å². The Morgan fingerprint density at radius 2 is 1.33 bits per heavy atom. The first kappa shape index (κ1) is 21.7. The van der Waals surface area contributed by atoms with Gasteiger partial charge in [0.2, 0.25) is 0 Å². The second-order valence-corrected chi connectivity index (χ2v) is 21.6. The number of unbranched alkanes of at least 4 members (excludes halogenated alkanes) is 3. The number of carbonyl (C=O) groups excluding carboxylic acids is 1. The molecule has 24 heavy (non-hydrogen) atoms. The molecular formula is C22H38OSn. The quantitative estimate of drug-likeness (QED) is 0.300. The zero-order chi connectivity index (χ0) is 17.8. The van der Waals surface area contributed by atoms with Crippen LogP contribution in [0.5, 0.6) is 0 Å². The Morgan fingerprint density at radius 1 is 0.875 bits per heavy atom. The van der Waals surface area contributed by atoms with E-state index in [1.54, 1.807) is 6.92 Å². The Kier molecular flexibility index (Phi) is 11.0. The molecule has 0 aliphatic carbocycles. The van der Waals surface area contributed by atoms with Gasteiger partial charge >= 0.3 is 155 Å². The molecule has 0 saturated carbocycles. The Morgan fingerprint density at radius 3 is 1.71 bits per heavy atom. The molecule has 0 aromatic heterocycles. The maximum absolute atomic E-state index is 12.1. The molecule has 1 nitrogen and oxygen atoms in total. The molecule has 1 atom stereocenters. The van der Waals surface area contributed by atoms with Crippen molar-refractivity contribution in [3.05, 3.63) is 35.9 Å². The fraction of sp³-hybridized carbons (Fsp3) is 0.682. The van der Waals surface area contributed by atoms with E-state index in [-0.39, 0.29) is 0 Å². The van der Waals surface area contributed by atoms with E-state index in [4.69, 9.17) is 0 Å². The number of hydrogen-bond acceptors (Lipinski definition) is 1. The van der Waals surface area contributed by atoms with Crippen molar-refractivity contribution in [2.45, 2.75) is 89.9 Å². The van der Waals surface area contributed by atoms with E-state index in [1.807, 2.05) is 0 Å². The predicted octanol–water partition coefficient (Wildman–Crippen LogP) is 7.14. The van der Waals surface area contributed by atoms with Gasteiger partial charge in [0.05, 0.1) is 0 Å². The van der Waals surface area contributed by atoms with Crippen molar-refractivity contribution in [1.29, 1.82) is 0 Å². The van der Waals surface area contributed by atoms with Crippen LogP contribution in [0.1, 0.15) is 82.1 Å². The normalized spacial score (nSPS) is 13.0. The van der Waals surface area contributed by atoms with Crippen molar-refractivity contribution in [2.24, 2.45) is 0 Å². The van der Waals surface area contributed by atoms with Crippen LogP contribution >= 0.6 is 0 Å². The fourth-order valence-corrected chi connectivity index (χ4v) is 22.9. The van der Waals surface area contributed by atoms with Gasteiger partial charge in [0.25, 0.3) is 0 Å². The number of rotatable bonds is 13. The van der Waals surface area contributed by atoms with E-state index >= 15 is 0 Å². The van der Waals surface area contributed by atoms with Crippen LogP contribution in [-0.2, 0) is 4.79 Å². The van der Waals surface area contributed by atoms with Gasteiger partial charge in [-0.25, -0.2) is 0 Å². The molecule has 0 bridgehead atoms. The van der Waals surface area contributed by atoms with E-state index in [0.29, 0.717) is 9.72 Å². The first-order valence-electron chi connectivity index (χ1n) is 10.1. The summed E-state index contributed by atoms with van der Waals surface area (Å²) in [4.78, 5) is 12.1. The summed E-state index contributed by atoms with van der Waals surface area (Å²) in [6, 6.07) is 11.0. The summed E-state index contributed by atoms with van der Waals surface area (Å²) >= 11 is -2.43. The molecule has 0 saturated heterocycles. The number of hydrogen-bond donors (Lipinski definition) is 0. The second kappa shape index (κ2) is 12.1. The van der Waals surface area contributed by atoms with Gasteiger partial charge in [0, 0.05) is 0 Å². The van der Waals surface area contributed by atoms with Crippen LogP contribution in [0.4, 0.5) is 0 Å². The van der Waals surface area contributed by atoms with Gasteiger partial charge in [-0.05, 0) is 0 Å². The molecule has 0 N–H and O–H groups in total. The van der Waals surface area contributed by atoms with Crippen LogP contribution in [-0.4, -0.2) is 24.2 Å². The molecule has 0 spiro atoms. The SMILES string of the molecule is CCC[CH2][Sn]([CH2]CCC)([CH2]CCC)[CH](CC(C)=O)c1ccccc1. The first-order valence-corrected chi connectivity index (χ1v) is 17.8. The van der Waals surface area contributed by atoms with Gasteiger partial charge in [-0.2, -0.15) is 0 Å². The number of benzene rings is 1. The van der Waals surface area contributed by atoms with E-state index in [1.165, 1.54) is 57.4 Å². The van der Waals surface area contributed by atoms with E-state index in [9.17, 15) is 4.79 Å². The molecule has 0 radical (unpaired) electrons. The third-order valence-corrected chi connectivity index (χ3v) is 22.8. The summed E-state index contributed by atoms with van der Waals surface area (Å²) in [6.45, 7) is 8.75. The molecule has 1 aromatic carbocycles. The van der Waals surface area contributed by atoms with Gasteiger partial charge < -0.3 is 0 Å². The molecule has 136 valence electrons. The maximum atomic E-state index is 12.1. The van der Waals surface area contributed by atoms with Gasteiger partial charge in [-0.1, -0.05) is 0 Å². The van der Waals surface area contributed by atoms with Crippen molar-refractivity contribution in [1.82, 2.24) is 0 Å². The minimum atomic E-state index is -2.43. The number of Topliss-reactive ketones (excluding diaryl/α,β-unsaturated/α-hetero) is 1. The Bertz CT molecular complexity index is 433. The second-order valence-electron chi connectivity index (χ2n) is 7.54. The molecule has 0 amide bonds. The standard InChI is InChI=1S/C10H11O.3C4H9.Sn/c1-9(11)7-8-10-5-3-2-4-6-10;3*1-3-4-2;/h2-6,8H,7H2,1H3;3*1,3-4H2,2H3;. The third-order valence-electron chi connectivity index (χ3n) is 5.52. The summed E-state index contributed by atoms with van der Waals surface area (Å²) < 4.78 is 5.00. The molecule has 2 heteroatoms. The zero-order valence-corrected chi connectivity index (χ0v) is 19.3. The van der Waals surface area contributed by atoms with Crippen molar-refractivity contribution in [2.75, 3.05) is 0 Å². The molecule has 1 unspecified atom stereocenters. The van der Waals surface area contributed by atoms with Crippen molar-refractivity contribution in [3.63, 3.8) is 0 Å². The number of ketones is 1. The van der Waals surface area contributed by atoms with Crippen LogP contribution in [0.3, 0.4) is 0 Å². The molecule has 0 aliphatic rings. The van der Waals surface area contributed by atoms with E-state index in [2.05, 4.69) is 51.1 Å². The Labute approximate surface area is 154 Å². The monoisotopic (exact) mass is 438 g/mol. The zero-order valence-electron chi connectivity index (χ0n) is 16.4. The van der Waals surface area contributed by atoms with Crippen LogP contribution < -0.4 is 0 Å². The van der Waals surface area contributed by atoms with Crippen molar-refractivity contribution < 1.29 is 4.79 Å². The van der Waals surface area contributed by atoms with Gasteiger partial charge in [-0.3, -0.25) is 0 Å².